The Morgan fingerprint density at radius 3 is 2.48 bits per heavy atom. The Morgan fingerprint density at radius 1 is 1.14 bits per heavy atom. The zero-order chi connectivity index (χ0) is 15.6. The van der Waals surface area contributed by atoms with E-state index in [4.69, 9.17) is 5.73 Å². The maximum absolute atomic E-state index is 12.3. The first-order valence-corrected chi connectivity index (χ1v) is 7.38. The van der Waals surface area contributed by atoms with Gasteiger partial charge < -0.3 is 10.3 Å². The molecule has 0 bridgehead atoms. The Kier molecular flexibility index (Phi) is 4.62. The van der Waals surface area contributed by atoms with E-state index in [0.29, 0.717) is 30.7 Å². The van der Waals surface area contributed by atoms with Crippen molar-refractivity contribution in [2.24, 2.45) is 19.8 Å². The second-order valence-corrected chi connectivity index (χ2v) is 5.30. The summed E-state index contributed by atoms with van der Waals surface area (Å²) >= 11 is 0. The van der Waals surface area contributed by atoms with Crippen molar-refractivity contribution in [2.45, 2.75) is 39.2 Å². The molecule has 0 saturated heterocycles. The van der Waals surface area contributed by atoms with Crippen LogP contribution in [0.4, 0.5) is 0 Å². The van der Waals surface area contributed by atoms with Crippen molar-refractivity contribution in [3.8, 4) is 0 Å². The van der Waals surface area contributed by atoms with E-state index in [-0.39, 0.29) is 11.2 Å². The molecule has 0 aromatic carbocycles. The van der Waals surface area contributed by atoms with Crippen molar-refractivity contribution in [1.29, 1.82) is 0 Å². The third kappa shape index (κ3) is 2.65. The van der Waals surface area contributed by atoms with E-state index >= 15 is 0 Å². The lowest BCUT2D eigenvalue weighted by molar-refractivity contribution is 0.583. The van der Waals surface area contributed by atoms with Crippen molar-refractivity contribution in [3.63, 3.8) is 0 Å². The number of rotatable bonds is 6. The topological polar surface area (TPSA) is 87.8 Å². The fourth-order valence-corrected chi connectivity index (χ4v) is 2.48. The largest absolute Gasteiger partial charge is 0.332 e. The van der Waals surface area contributed by atoms with E-state index in [2.05, 4.69) is 11.9 Å². The highest BCUT2D eigenvalue weighted by molar-refractivity contribution is 5.71. The van der Waals surface area contributed by atoms with Gasteiger partial charge in [-0.2, -0.15) is 0 Å². The van der Waals surface area contributed by atoms with Crippen LogP contribution < -0.4 is 17.0 Å². The first-order chi connectivity index (χ1) is 10.0. The van der Waals surface area contributed by atoms with Crippen molar-refractivity contribution >= 4 is 11.2 Å². The summed E-state index contributed by atoms with van der Waals surface area (Å²) in [5.74, 6) is 0.795. The number of fused-ring (bicyclic) bond motifs is 1. The fraction of sp³-hybridized carbons (Fsp3) is 0.643. The Hall–Kier alpha value is -1.89. The third-order valence-corrected chi connectivity index (χ3v) is 3.79. The van der Waals surface area contributed by atoms with E-state index in [0.717, 1.165) is 29.7 Å². The molecule has 0 unspecified atom stereocenters. The molecule has 2 heterocycles. The Labute approximate surface area is 123 Å². The third-order valence-electron chi connectivity index (χ3n) is 3.79. The summed E-state index contributed by atoms with van der Waals surface area (Å²) in [7, 11) is 3.33. The minimum Gasteiger partial charge on any atom is -0.330 e. The van der Waals surface area contributed by atoms with Crippen LogP contribution in [-0.4, -0.2) is 25.2 Å². The van der Waals surface area contributed by atoms with Gasteiger partial charge in [0.05, 0.1) is 0 Å². The molecule has 0 spiro atoms. The summed E-state index contributed by atoms with van der Waals surface area (Å²) in [6.07, 6.45) is 3.36. The fourth-order valence-electron chi connectivity index (χ4n) is 2.48. The molecule has 2 aromatic heterocycles. The smallest absolute Gasteiger partial charge is 0.330 e. The summed E-state index contributed by atoms with van der Waals surface area (Å²) in [6, 6.07) is 0. The van der Waals surface area contributed by atoms with Crippen LogP contribution in [0, 0.1) is 0 Å². The zero-order valence-electron chi connectivity index (χ0n) is 12.9. The minimum atomic E-state index is -0.301. The molecule has 2 rings (SSSR count). The van der Waals surface area contributed by atoms with Gasteiger partial charge in [0.15, 0.2) is 11.2 Å². The molecule has 0 aliphatic carbocycles. The molecule has 0 atom stereocenters. The first kappa shape index (κ1) is 15.5. The standard InChI is InChI=1S/C14H23N5O2/c1-4-5-9-19-12-11(13(20)18(3)14(19)21)17(2)10(16-12)7-6-8-15/h4-9,15H2,1-3H3. The Morgan fingerprint density at radius 2 is 1.86 bits per heavy atom. The number of unbranched alkanes of at least 4 members (excludes halogenated alkanes) is 1. The normalized spacial score (nSPS) is 11.4. The Balaban J connectivity index is 2.71. The average molecular weight is 293 g/mol. The number of hydrogen-bond acceptors (Lipinski definition) is 4. The van der Waals surface area contributed by atoms with Gasteiger partial charge in [0, 0.05) is 27.1 Å². The quantitative estimate of drug-likeness (QED) is 0.819. The van der Waals surface area contributed by atoms with Crippen LogP contribution in [0.5, 0.6) is 0 Å². The van der Waals surface area contributed by atoms with E-state index in [1.54, 1.807) is 9.13 Å². The highest BCUT2D eigenvalue weighted by Crippen LogP contribution is 2.11. The molecule has 0 fully saturated rings. The lowest BCUT2D eigenvalue weighted by atomic mass is 10.3. The van der Waals surface area contributed by atoms with E-state index in [9.17, 15) is 9.59 Å². The molecule has 7 nitrogen and oxygen atoms in total. The van der Waals surface area contributed by atoms with Crippen molar-refractivity contribution in [2.75, 3.05) is 6.54 Å². The van der Waals surface area contributed by atoms with Crippen LogP contribution in [0.25, 0.3) is 11.2 Å². The number of hydrogen-bond donors (Lipinski definition) is 1. The number of aromatic nitrogens is 4. The SMILES string of the molecule is CCCCn1c(=O)n(C)c(=O)c2c1nc(CCCN)n2C. The van der Waals surface area contributed by atoms with E-state index < -0.39 is 0 Å². The van der Waals surface area contributed by atoms with Crippen molar-refractivity contribution in [3.05, 3.63) is 26.7 Å². The number of imidazole rings is 1. The molecule has 0 saturated carbocycles. The zero-order valence-corrected chi connectivity index (χ0v) is 12.9. The first-order valence-electron chi connectivity index (χ1n) is 7.38. The van der Waals surface area contributed by atoms with Crippen molar-refractivity contribution in [1.82, 2.24) is 18.7 Å². The molecule has 21 heavy (non-hydrogen) atoms. The van der Waals surface area contributed by atoms with Gasteiger partial charge >= 0.3 is 5.69 Å². The van der Waals surface area contributed by atoms with Gasteiger partial charge in [-0.1, -0.05) is 13.3 Å². The lowest BCUT2D eigenvalue weighted by Crippen LogP contribution is -2.38. The molecule has 0 amide bonds. The van der Waals surface area contributed by atoms with E-state index in [1.807, 2.05) is 7.05 Å². The summed E-state index contributed by atoms with van der Waals surface area (Å²) in [6.45, 7) is 3.21. The van der Waals surface area contributed by atoms with Gasteiger partial charge in [-0.3, -0.25) is 13.9 Å². The second-order valence-electron chi connectivity index (χ2n) is 5.30. The highest BCUT2D eigenvalue weighted by Gasteiger charge is 2.17. The van der Waals surface area contributed by atoms with E-state index in [1.165, 1.54) is 7.05 Å². The number of nitrogens with zero attached hydrogens (tertiary/aromatic N) is 4. The summed E-state index contributed by atoms with van der Waals surface area (Å²) in [5, 5.41) is 0. The van der Waals surface area contributed by atoms with Gasteiger partial charge in [-0.05, 0) is 19.4 Å². The number of nitrogens with two attached hydrogens (primary N) is 1. The maximum atomic E-state index is 12.3. The molecule has 2 N–H and O–H groups in total. The number of aryl methyl sites for hydroxylation is 3. The molecule has 2 aromatic rings. The van der Waals surface area contributed by atoms with Crippen LogP contribution in [0.3, 0.4) is 0 Å². The van der Waals surface area contributed by atoms with Crippen LogP contribution in [0.2, 0.25) is 0 Å². The summed E-state index contributed by atoms with van der Waals surface area (Å²) in [5.41, 5.74) is 5.92. The van der Waals surface area contributed by atoms with Crippen molar-refractivity contribution < 1.29 is 0 Å². The molecule has 0 aliphatic rings. The predicted molar refractivity (Wildman–Crippen MR) is 82.5 cm³/mol. The molecule has 7 heteroatoms. The lowest BCUT2D eigenvalue weighted by Gasteiger charge is -2.08. The van der Waals surface area contributed by atoms with Gasteiger partial charge in [0.2, 0.25) is 0 Å². The molecular formula is C14H23N5O2. The maximum Gasteiger partial charge on any atom is 0.332 e. The average Bonchev–Trinajstić information content (AvgIpc) is 2.80. The highest BCUT2D eigenvalue weighted by atomic mass is 16.2. The predicted octanol–water partition coefficient (Wildman–Crippen LogP) is 0.125. The second kappa shape index (κ2) is 6.26. The molecule has 0 aliphatic heterocycles. The van der Waals surface area contributed by atoms with Gasteiger partial charge in [0.1, 0.15) is 5.82 Å². The van der Waals surface area contributed by atoms with Crippen LogP contribution in [0.1, 0.15) is 32.0 Å². The summed E-state index contributed by atoms with van der Waals surface area (Å²) in [4.78, 5) is 29.2. The van der Waals surface area contributed by atoms with Crippen LogP contribution in [0.15, 0.2) is 9.59 Å². The van der Waals surface area contributed by atoms with Gasteiger partial charge in [-0.15, -0.1) is 0 Å². The summed E-state index contributed by atoms with van der Waals surface area (Å²) < 4.78 is 4.55. The van der Waals surface area contributed by atoms with Crippen LogP contribution in [-0.2, 0) is 27.1 Å². The van der Waals surface area contributed by atoms with Crippen LogP contribution >= 0.6 is 0 Å². The Bertz CT molecular complexity index is 753. The minimum absolute atomic E-state index is 0.295. The molecular weight excluding hydrogens is 270 g/mol. The van der Waals surface area contributed by atoms with Gasteiger partial charge in [0.25, 0.3) is 5.56 Å². The molecule has 116 valence electrons. The molecule has 0 radical (unpaired) electrons. The monoisotopic (exact) mass is 293 g/mol. The van der Waals surface area contributed by atoms with Gasteiger partial charge in [-0.25, -0.2) is 9.78 Å².